The van der Waals surface area contributed by atoms with Crippen LogP contribution in [0.25, 0.3) is 20.8 Å². The van der Waals surface area contributed by atoms with Gasteiger partial charge in [0, 0.05) is 10.4 Å². The Morgan fingerprint density at radius 1 is 0.964 bits per heavy atom. The number of fused-ring (bicyclic) bond motifs is 2. The Bertz CT molecular complexity index is 1110. The van der Waals surface area contributed by atoms with Gasteiger partial charge in [0.1, 0.15) is 10.0 Å². The largest absolute Gasteiger partial charge is 0.317 e. The first-order chi connectivity index (χ1) is 13.8. The maximum Gasteiger partial charge on any atom is 0.229 e. The summed E-state index contributed by atoms with van der Waals surface area (Å²) in [6.45, 7) is 0. The van der Waals surface area contributed by atoms with Gasteiger partial charge in [-0.2, -0.15) is 0 Å². The van der Waals surface area contributed by atoms with Crippen LogP contribution in [-0.4, -0.2) is 10.9 Å². The van der Waals surface area contributed by atoms with Crippen LogP contribution in [0.3, 0.4) is 0 Å². The van der Waals surface area contributed by atoms with Crippen molar-refractivity contribution >= 4 is 43.8 Å². The maximum atomic E-state index is 12.7. The number of rotatable bonds is 4. The first-order valence-corrected chi connectivity index (χ1v) is 11.3. The van der Waals surface area contributed by atoms with Crippen molar-refractivity contribution in [3.05, 3.63) is 70.6 Å². The molecular formula is C23H20N2OS2. The second-order valence-electron chi connectivity index (χ2n) is 7.11. The summed E-state index contributed by atoms with van der Waals surface area (Å²) in [6.07, 6.45) is 5.00. The van der Waals surface area contributed by atoms with Gasteiger partial charge in [-0.15, -0.1) is 22.7 Å². The van der Waals surface area contributed by atoms with E-state index in [-0.39, 0.29) is 5.91 Å². The number of benzene rings is 2. The summed E-state index contributed by atoms with van der Waals surface area (Å²) in [7, 11) is 0. The van der Waals surface area contributed by atoms with Gasteiger partial charge in [0.05, 0.1) is 16.6 Å². The molecule has 0 saturated carbocycles. The third-order valence-electron chi connectivity index (χ3n) is 5.14. The molecule has 1 aliphatic rings. The van der Waals surface area contributed by atoms with Crippen LogP contribution in [0.1, 0.15) is 28.8 Å². The van der Waals surface area contributed by atoms with Crippen LogP contribution in [0.4, 0.5) is 5.00 Å². The molecule has 0 unspecified atom stereocenters. The van der Waals surface area contributed by atoms with Gasteiger partial charge in [0.2, 0.25) is 5.91 Å². The summed E-state index contributed by atoms with van der Waals surface area (Å²) in [5.74, 6) is 0.0344. The van der Waals surface area contributed by atoms with Crippen LogP contribution in [0, 0.1) is 0 Å². The Morgan fingerprint density at radius 3 is 2.61 bits per heavy atom. The lowest BCUT2D eigenvalue weighted by molar-refractivity contribution is -0.115. The number of carbonyl (C=O) groups excluding carboxylic acids is 1. The highest BCUT2D eigenvalue weighted by Crippen LogP contribution is 2.46. The summed E-state index contributed by atoms with van der Waals surface area (Å²) in [6, 6.07) is 18.1. The zero-order chi connectivity index (χ0) is 18.9. The number of para-hydroxylation sites is 1. The van der Waals surface area contributed by atoms with Crippen molar-refractivity contribution in [3.8, 4) is 10.6 Å². The van der Waals surface area contributed by atoms with Crippen LogP contribution in [0.15, 0.2) is 54.6 Å². The molecule has 0 fully saturated rings. The summed E-state index contributed by atoms with van der Waals surface area (Å²) in [5, 5.41) is 5.19. The summed E-state index contributed by atoms with van der Waals surface area (Å²) >= 11 is 3.46. The highest BCUT2D eigenvalue weighted by Gasteiger charge is 2.25. The molecule has 0 spiro atoms. The van der Waals surface area contributed by atoms with Crippen LogP contribution in [-0.2, 0) is 24.1 Å². The van der Waals surface area contributed by atoms with Crippen molar-refractivity contribution in [2.24, 2.45) is 0 Å². The number of nitrogens with one attached hydrogen (secondary N) is 1. The molecule has 28 heavy (non-hydrogen) atoms. The van der Waals surface area contributed by atoms with E-state index < -0.39 is 0 Å². The lowest BCUT2D eigenvalue weighted by Crippen LogP contribution is -2.14. The van der Waals surface area contributed by atoms with E-state index in [1.54, 1.807) is 22.7 Å². The van der Waals surface area contributed by atoms with Crippen molar-refractivity contribution in [3.63, 3.8) is 0 Å². The Labute approximate surface area is 172 Å². The van der Waals surface area contributed by atoms with E-state index in [4.69, 9.17) is 4.98 Å². The molecule has 0 aliphatic heterocycles. The second kappa shape index (κ2) is 7.49. The number of thiophene rings is 1. The molecule has 5 heteroatoms. The second-order valence-corrected chi connectivity index (χ2v) is 9.25. The predicted molar refractivity (Wildman–Crippen MR) is 118 cm³/mol. The average Bonchev–Trinajstić information content (AvgIpc) is 3.28. The molecule has 0 atom stereocenters. The number of amides is 1. The van der Waals surface area contributed by atoms with Gasteiger partial charge < -0.3 is 5.32 Å². The monoisotopic (exact) mass is 404 g/mol. The van der Waals surface area contributed by atoms with Gasteiger partial charge in [-0.3, -0.25) is 4.79 Å². The van der Waals surface area contributed by atoms with E-state index in [0.717, 1.165) is 39.5 Å². The lowest BCUT2D eigenvalue weighted by atomic mass is 9.95. The van der Waals surface area contributed by atoms with E-state index in [2.05, 4.69) is 23.5 Å². The highest BCUT2D eigenvalue weighted by atomic mass is 32.1. The van der Waals surface area contributed by atoms with Gasteiger partial charge >= 0.3 is 0 Å². The van der Waals surface area contributed by atoms with Gasteiger partial charge in [0.25, 0.3) is 0 Å². The molecule has 5 rings (SSSR count). The minimum absolute atomic E-state index is 0.0344. The number of anilines is 1. The quantitative estimate of drug-likeness (QED) is 0.447. The van der Waals surface area contributed by atoms with E-state index in [1.165, 1.54) is 28.0 Å². The van der Waals surface area contributed by atoms with Gasteiger partial charge in [-0.25, -0.2) is 4.98 Å². The molecule has 1 amide bonds. The number of thiazole rings is 1. The van der Waals surface area contributed by atoms with Crippen LogP contribution in [0.2, 0.25) is 0 Å². The number of carbonyl (C=O) groups is 1. The molecule has 4 aromatic rings. The molecule has 1 N–H and O–H groups in total. The first kappa shape index (κ1) is 17.6. The van der Waals surface area contributed by atoms with Gasteiger partial charge in [-0.05, 0) is 48.9 Å². The standard InChI is InChI=1S/C23H20N2OS2/c26-20(14-15-8-2-1-3-9-15)25-23-21(16-10-4-6-12-18(16)27-23)22-24-17-11-5-7-13-19(17)28-22/h1-3,5,7-9,11,13H,4,6,10,12,14H2,(H,25,26). The number of aryl methyl sites for hydroxylation is 1. The topological polar surface area (TPSA) is 42.0 Å². The lowest BCUT2D eigenvalue weighted by Gasteiger charge is -2.11. The Kier molecular flexibility index (Phi) is 4.71. The van der Waals surface area contributed by atoms with E-state index in [9.17, 15) is 4.79 Å². The van der Waals surface area contributed by atoms with Crippen molar-refractivity contribution in [1.29, 1.82) is 0 Å². The molecule has 0 bridgehead atoms. The molecule has 2 heterocycles. The third kappa shape index (κ3) is 3.36. The molecule has 0 saturated heterocycles. The fourth-order valence-electron chi connectivity index (χ4n) is 3.81. The number of nitrogens with zero attached hydrogens (tertiary/aromatic N) is 1. The maximum absolute atomic E-state index is 12.7. The van der Waals surface area contributed by atoms with E-state index in [0.29, 0.717) is 6.42 Å². The van der Waals surface area contributed by atoms with E-state index in [1.807, 2.05) is 36.4 Å². The molecule has 1 aliphatic carbocycles. The van der Waals surface area contributed by atoms with Crippen molar-refractivity contribution in [2.45, 2.75) is 32.1 Å². The van der Waals surface area contributed by atoms with Crippen LogP contribution >= 0.6 is 22.7 Å². The molecule has 2 aromatic carbocycles. The zero-order valence-corrected chi connectivity index (χ0v) is 17.0. The minimum Gasteiger partial charge on any atom is -0.317 e. The van der Waals surface area contributed by atoms with Crippen molar-refractivity contribution in [1.82, 2.24) is 4.98 Å². The third-order valence-corrected chi connectivity index (χ3v) is 7.40. The summed E-state index contributed by atoms with van der Waals surface area (Å²) in [4.78, 5) is 19.0. The predicted octanol–water partition coefficient (Wildman–Crippen LogP) is 6.08. The molecular weight excluding hydrogens is 384 g/mol. The van der Waals surface area contributed by atoms with Crippen molar-refractivity contribution < 1.29 is 4.79 Å². The van der Waals surface area contributed by atoms with Crippen LogP contribution in [0.5, 0.6) is 0 Å². The van der Waals surface area contributed by atoms with Gasteiger partial charge in [-0.1, -0.05) is 42.5 Å². The zero-order valence-electron chi connectivity index (χ0n) is 15.4. The van der Waals surface area contributed by atoms with Crippen LogP contribution < -0.4 is 5.32 Å². The molecule has 3 nitrogen and oxygen atoms in total. The fraction of sp³-hybridized carbons (Fsp3) is 0.217. The smallest absolute Gasteiger partial charge is 0.229 e. The normalized spacial score (nSPS) is 13.4. The Balaban J connectivity index is 1.52. The summed E-state index contributed by atoms with van der Waals surface area (Å²) < 4.78 is 1.19. The first-order valence-electron chi connectivity index (χ1n) is 9.62. The highest BCUT2D eigenvalue weighted by molar-refractivity contribution is 7.22. The van der Waals surface area contributed by atoms with Gasteiger partial charge in [0.15, 0.2) is 0 Å². The van der Waals surface area contributed by atoms with Crippen molar-refractivity contribution in [2.75, 3.05) is 5.32 Å². The minimum atomic E-state index is 0.0344. The number of aromatic nitrogens is 1. The summed E-state index contributed by atoms with van der Waals surface area (Å²) in [5.41, 5.74) is 4.61. The Hall–Kier alpha value is -2.50. The average molecular weight is 405 g/mol. The Morgan fingerprint density at radius 2 is 1.75 bits per heavy atom. The fourth-order valence-corrected chi connectivity index (χ4v) is 6.23. The molecule has 2 aromatic heterocycles. The number of hydrogen-bond acceptors (Lipinski definition) is 4. The number of hydrogen-bond donors (Lipinski definition) is 1. The SMILES string of the molecule is O=C(Cc1ccccc1)Nc1sc2c(c1-c1nc3ccccc3s1)CCCC2. The molecule has 140 valence electrons. The van der Waals surface area contributed by atoms with E-state index >= 15 is 0 Å². The molecule has 0 radical (unpaired) electrons.